The molecule has 6 nitrogen and oxygen atoms in total. The van der Waals surface area contributed by atoms with E-state index in [4.69, 9.17) is 9.47 Å². The van der Waals surface area contributed by atoms with Crippen LogP contribution in [0.25, 0.3) is 0 Å². The molecule has 1 fully saturated rings. The van der Waals surface area contributed by atoms with Gasteiger partial charge in [-0.05, 0) is 55.7 Å². The first-order valence-corrected chi connectivity index (χ1v) is 8.86. The first kappa shape index (κ1) is 18.8. The topological polar surface area (TPSA) is 67.9 Å². The Hall–Kier alpha value is -3.02. The summed E-state index contributed by atoms with van der Waals surface area (Å²) in [6.07, 6.45) is 0.476. The molecule has 27 heavy (non-hydrogen) atoms. The smallest absolute Gasteiger partial charge is 0.239 e. The number of hydrogen-bond acceptors (Lipinski definition) is 4. The molecule has 1 atom stereocenters. The molecule has 2 aromatic carbocycles. The summed E-state index contributed by atoms with van der Waals surface area (Å²) in [5.74, 6) is -0.0303. The van der Waals surface area contributed by atoms with Gasteiger partial charge in [-0.3, -0.25) is 9.59 Å². The van der Waals surface area contributed by atoms with E-state index in [9.17, 15) is 9.59 Å². The molecule has 0 saturated carbocycles. The number of benzene rings is 2. The van der Waals surface area contributed by atoms with Crippen molar-refractivity contribution in [1.82, 2.24) is 0 Å². The molecule has 0 aromatic heterocycles. The molecule has 2 amide bonds. The highest BCUT2D eigenvalue weighted by Crippen LogP contribution is 2.34. The van der Waals surface area contributed by atoms with E-state index in [1.54, 1.807) is 37.3 Å². The molecule has 0 spiro atoms. The monoisotopic (exact) mass is 368 g/mol. The predicted octanol–water partition coefficient (Wildman–Crippen LogP) is 3.31. The number of amides is 2. The van der Waals surface area contributed by atoms with Gasteiger partial charge in [-0.1, -0.05) is 6.07 Å². The Kier molecular flexibility index (Phi) is 5.35. The summed E-state index contributed by atoms with van der Waals surface area (Å²) in [7, 11) is 3.11. The second-order valence-electron chi connectivity index (χ2n) is 6.66. The highest BCUT2D eigenvalue weighted by atomic mass is 16.5. The Labute approximate surface area is 159 Å². The van der Waals surface area contributed by atoms with Crippen molar-refractivity contribution in [3.05, 3.63) is 47.5 Å². The molecule has 2 aromatic rings. The van der Waals surface area contributed by atoms with Crippen molar-refractivity contribution < 1.29 is 19.1 Å². The van der Waals surface area contributed by atoms with E-state index in [0.29, 0.717) is 35.8 Å². The molecule has 1 unspecified atom stereocenters. The minimum Gasteiger partial charge on any atom is -0.493 e. The number of hydrogen-bond donors (Lipinski definition) is 1. The molecular weight excluding hydrogens is 344 g/mol. The van der Waals surface area contributed by atoms with Crippen molar-refractivity contribution in [3.63, 3.8) is 0 Å². The minimum atomic E-state index is -0.695. The first-order valence-electron chi connectivity index (χ1n) is 8.86. The van der Waals surface area contributed by atoms with Crippen molar-refractivity contribution in [1.29, 1.82) is 0 Å². The highest BCUT2D eigenvalue weighted by Gasteiger charge is 2.37. The van der Waals surface area contributed by atoms with Gasteiger partial charge in [0.15, 0.2) is 11.5 Å². The van der Waals surface area contributed by atoms with Crippen LogP contribution >= 0.6 is 0 Å². The summed E-state index contributed by atoms with van der Waals surface area (Å²) in [5.41, 5.74) is 3.65. The van der Waals surface area contributed by atoms with E-state index in [0.717, 1.165) is 11.1 Å². The summed E-state index contributed by atoms with van der Waals surface area (Å²) in [5, 5.41) is 2.86. The average molecular weight is 368 g/mol. The second-order valence-corrected chi connectivity index (χ2v) is 6.66. The maximum absolute atomic E-state index is 12.8. The lowest BCUT2D eigenvalue weighted by Gasteiger charge is -2.18. The fourth-order valence-corrected chi connectivity index (χ4v) is 3.22. The number of aryl methyl sites for hydroxylation is 2. The van der Waals surface area contributed by atoms with Crippen LogP contribution in [0.15, 0.2) is 36.4 Å². The van der Waals surface area contributed by atoms with Crippen LogP contribution in [0.3, 0.4) is 0 Å². The third-order valence-electron chi connectivity index (χ3n) is 4.98. The number of methoxy groups -OCH3 is 2. The summed E-state index contributed by atoms with van der Waals surface area (Å²) in [4.78, 5) is 27.0. The van der Waals surface area contributed by atoms with E-state index in [-0.39, 0.29) is 11.8 Å². The second kappa shape index (κ2) is 7.70. The summed E-state index contributed by atoms with van der Waals surface area (Å²) < 4.78 is 10.5. The predicted molar refractivity (Wildman–Crippen MR) is 105 cm³/mol. The van der Waals surface area contributed by atoms with Crippen molar-refractivity contribution in [2.45, 2.75) is 20.3 Å². The van der Waals surface area contributed by atoms with E-state index >= 15 is 0 Å². The lowest BCUT2D eigenvalue weighted by atomic mass is 10.1. The Balaban J connectivity index is 1.74. The maximum atomic E-state index is 12.8. The molecule has 1 aliphatic heterocycles. The molecule has 1 aliphatic rings. The third-order valence-corrected chi connectivity index (χ3v) is 4.98. The number of nitrogens with zero attached hydrogens (tertiary/aromatic N) is 1. The maximum Gasteiger partial charge on any atom is 0.239 e. The molecule has 142 valence electrons. The van der Waals surface area contributed by atoms with Crippen LogP contribution in [0.2, 0.25) is 0 Å². The fourth-order valence-electron chi connectivity index (χ4n) is 3.22. The molecule has 1 heterocycles. The number of carbonyl (C=O) groups excluding carboxylic acids is 2. The van der Waals surface area contributed by atoms with Crippen LogP contribution in [0.4, 0.5) is 11.4 Å². The van der Waals surface area contributed by atoms with Crippen molar-refractivity contribution in [2.75, 3.05) is 31.0 Å². The lowest BCUT2D eigenvalue weighted by molar-refractivity contribution is -0.129. The summed E-state index contributed by atoms with van der Waals surface area (Å²) in [6.45, 7) is 4.49. The van der Waals surface area contributed by atoms with Gasteiger partial charge < -0.3 is 19.7 Å². The largest absolute Gasteiger partial charge is 0.493 e. The molecule has 0 bridgehead atoms. The van der Waals surface area contributed by atoms with Gasteiger partial charge in [-0.15, -0.1) is 0 Å². The molecule has 1 saturated heterocycles. The van der Waals surface area contributed by atoms with Gasteiger partial charge in [0, 0.05) is 24.0 Å². The number of anilines is 2. The zero-order chi connectivity index (χ0) is 19.6. The Morgan fingerprint density at radius 1 is 1.04 bits per heavy atom. The minimum absolute atomic E-state index is 0.205. The van der Waals surface area contributed by atoms with Gasteiger partial charge in [0.25, 0.3) is 0 Å². The average Bonchev–Trinajstić information content (AvgIpc) is 3.05. The quantitative estimate of drug-likeness (QED) is 0.822. The molecule has 3 rings (SSSR count). The van der Waals surface area contributed by atoms with E-state index in [1.165, 1.54) is 0 Å². The van der Waals surface area contributed by atoms with E-state index in [1.807, 2.05) is 32.0 Å². The third kappa shape index (κ3) is 3.74. The van der Waals surface area contributed by atoms with Gasteiger partial charge in [0.2, 0.25) is 11.8 Å². The molecular formula is C21H24N2O4. The van der Waals surface area contributed by atoms with Crippen molar-refractivity contribution in [2.24, 2.45) is 5.92 Å². The Morgan fingerprint density at radius 3 is 2.44 bits per heavy atom. The van der Waals surface area contributed by atoms with Gasteiger partial charge in [0.1, 0.15) is 5.92 Å². The number of rotatable bonds is 5. The molecule has 6 heteroatoms. The summed E-state index contributed by atoms with van der Waals surface area (Å²) >= 11 is 0. The zero-order valence-corrected chi connectivity index (χ0v) is 16.0. The molecule has 0 radical (unpaired) electrons. The standard InChI is InChI=1S/C21H24N2O4/c1-13-5-6-15(11-14(13)2)22-20(24)17-9-10-23(21(17)25)16-7-8-18(26-3)19(12-16)27-4/h5-8,11-12,17H,9-10H2,1-4H3,(H,22,24). The van der Waals surface area contributed by atoms with Gasteiger partial charge in [-0.2, -0.15) is 0 Å². The molecule has 1 N–H and O–H groups in total. The first-order chi connectivity index (χ1) is 12.9. The summed E-state index contributed by atoms with van der Waals surface area (Å²) in [6, 6.07) is 11.0. The van der Waals surface area contributed by atoms with Crippen molar-refractivity contribution in [3.8, 4) is 11.5 Å². The number of ether oxygens (including phenoxy) is 2. The zero-order valence-electron chi connectivity index (χ0n) is 16.0. The van der Waals surface area contributed by atoms with Crippen LogP contribution in [0.5, 0.6) is 11.5 Å². The van der Waals surface area contributed by atoms with Crippen LogP contribution in [0, 0.1) is 19.8 Å². The number of nitrogens with one attached hydrogen (secondary N) is 1. The van der Waals surface area contributed by atoms with Crippen molar-refractivity contribution >= 4 is 23.2 Å². The molecule has 0 aliphatic carbocycles. The van der Waals surface area contributed by atoms with E-state index < -0.39 is 5.92 Å². The van der Waals surface area contributed by atoms with Gasteiger partial charge in [-0.25, -0.2) is 0 Å². The Morgan fingerprint density at radius 2 is 1.78 bits per heavy atom. The fraction of sp³-hybridized carbons (Fsp3) is 0.333. The highest BCUT2D eigenvalue weighted by molar-refractivity contribution is 6.13. The van der Waals surface area contributed by atoms with Crippen LogP contribution in [-0.2, 0) is 9.59 Å². The van der Waals surface area contributed by atoms with Crippen LogP contribution in [0.1, 0.15) is 17.5 Å². The lowest BCUT2D eigenvalue weighted by Crippen LogP contribution is -2.33. The van der Waals surface area contributed by atoms with Gasteiger partial charge in [0.05, 0.1) is 14.2 Å². The number of carbonyl (C=O) groups is 2. The van der Waals surface area contributed by atoms with Crippen LogP contribution in [-0.4, -0.2) is 32.6 Å². The normalized spacial score (nSPS) is 16.4. The Bertz CT molecular complexity index is 878. The van der Waals surface area contributed by atoms with Gasteiger partial charge >= 0.3 is 0 Å². The van der Waals surface area contributed by atoms with E-state index in [2.05, 4.69) is 5.32 Å². The van der Waals surface area contributed by atoms with Crippen LogP contribution < -0.4 is 19.7 Å². The SMILES string of the molecule is COc1ccc(N2CCC(C(=O)Nc3ccc(C)c(C)c3)C2=O)cc1OC.